The molecule has 1 fully saturated rings. The molecule has 9 heteroatoms. The number of imide groups is 1. The van der Waals surface area contributed by atoms with Crippen LogP contribution >= 0.6 is 11.6 Å². The van der Waals surface area contributed by atoms with Gasteiger partial charge in [-0.3, -0.25) is 9.59 Å². The summed E-state index contributed by atoms with van der Waals surface area (Å²) in [6.07, 6.45) is 0. The van der Waals surface area contributed by atoms with Gasteiger partial charge >= 0.3 is 6.03 Å². The summed E-state index contributed by atoms with van der Waals surface area (Å²) in [6, 6.07) is 9.53. The van der Waals surface area contributed by atoms with Gasteiger partial charge in [0.2, 0.25) is 11.8 Å². The van der Waals surface area contributed by atoms with Gasteiger partial charge in [-0.05, 0) is 37.3 Å². The van der Waals surface area contributed by atoms with Crippen LogP contribution in [0.4, 0.5) is 20.6 Å². The molecule has 146 valence electrons. The van der Waals surface area contributed by atoms with E-state index in [2.05, 4.69) is 10.6 Å². The molecule has 2 aromatic carbocycles. The molecule has 0 bridgehead atoms. The Hall–Kier alpha value is -3.13. The van der Waals surface area contributed by atoms with Crippen molar-refractivity contribution in [3.05, 3.63) is 53.3 Å². The van der Waals surface area contributed by atoms with Crippen molar-refractivity contribution in [2.75, 3.05) is 23.4 Å². The molecular formula is C19H17ClFN3O4. The van der Waals surface area contributed by atoms with Crippen molar-refractivity contribution < 1.29 is 23.5 Å². The van der Waals surface area contributed by atoms with Gasteiger partial charge in [-0.15, -0.1) is 0 Å². The summed E-state index contributed by atoms with van der Waals surface area (Å²) in [5, 5.41) is 4.90. The highest BCUT2D eigenvalue weighted by Gasteiger charge is 2.39. The molecule has 1 heterocycles. The number of nitrogens with one attached hydrogen (secondary N) is 2. The largest absolute Gasteiger partial charge is 0.492 e. The van der Waals surface area contributed by atoms with E-state index in [1.165, 1.54) is 6.07 Å². The number of benzene rings is 2. The molecule has 2 N–H and O–H groups in total. The molecule has 1 saturated heterocycles. The number of nitrogens with zero attached hydrogens (tertiary/aromatic N) is 1. The summed E-state index contributed by atoms with van der Waals surface area (Å²) in [6.45, 7) is 2.06. The minimum absolute atomic E-state index is 0.0705. The van der Waals surface area contributed by atoms with Crippen molar-refractivity contribution in [1.82, 2.24) is 5.32 Å². The summed E-state index contributed by atoms with van der Waals surface area (Å²) in [5.74, 6) is -2.73. The number of hydrogen-bond acceptors (Lipinski definition) is 4. The highest BCUT2D eigenvalue weighted by Crippen LogP contribution is 2.27. The highest BCUT2D eigenvalue weighted by atomic mass is 35.5. The average molecular weight is 406 g/mol. The van der Waals surface area contributed by atoms with Gasteiger partial charge in [-0.2, -0.15) is 0 Å². The van der Waals surface area contributed by atoms with E-state index in [1.54, 1.807) is 24.3 Å². The number of carbonyl (C=O) groups excluding carboxylic acids is 3. The lowest BCUT2D eigenvalue weighted by Crippen LogP contribution is -2.58. The normalized spacial score (nSPS) is 16.5. The fourth-order valence-electron chi connectivity index (χ4n) is 2.76. The van der Waals surface area contributed by atoms with Gasteiger partial charge in [-0.25, -0.2) is 14.1 Å². The maximum absolute atomic E-state index is 13.4. The third-order valence-corrected chi connectivity index (χ3v) is 4.39. The molecule has 0 aliphatic carbocycles. The fourth-order valence-corrected chi connectivity index (χ4v) is 2.93. The lowest BCUT2D eigenvalue weighted by atomic mass is 10.0. The predicted octanol–water partition coefficient (Wildman–Crippen LogP) is 3.19. The van der Waals surface area contributed by atoms with Crippen molar-refractivity contribution in [1.29, 1.82) is 0 Å². The first-order valence-electron chi connectivity index (χ1n) is 8.52. The standard InChI is InChI=1S/C19H17ClFN3O4/c1-2-28-16-6-4-3-5-15(16)23-17(25)12-10-22-19(27)24(18(12)26)11-7-8-14(21)13(20)9-11/h3-9,12H,2,10H2,1H3,(H,22,27)(H,23,25). The number of carbonyl (C=O) groups is 3. The Balaban J connectivity index is 1.83. The summed E-state index contributed by atoms with van der Waals surface area (Å²) in [7, 11) is 0. The van der Waals surface area contributed by atoms with Crippen LogP contribution < -0.4 is 20.3 Å². The van der Waals surface area contributed by atoms with Crippen molar-refractivity contribution in [3.8, 4) is 5.75 Å². The topological polar surface area (TPSA) is 87.7 Å². The molecule has 2 aromatic rings. The van der Waals surface area contributed by atoms with E-state index in [1.807, 2.05) is 6.92 Å². The molecule has 3 rings (SSSR count). The Morgan fingerprint density at radius 3 is 2.79 bits per heavy atom. The quantitative estimate of drug-likeness (QED) is 0.748. The van der Waals surface area contributed by atoms with Crippen LogP contribution in [-0.4, -0.2) is 31.0 Å². The zero-order chi connectivity index (χ0) is 20.3. The van der Waals surface area contributed by atoms with E-state index >= 15 is 0 Å². The van der Waals surface area contributed by atoms with Gasteiger partial charge < -0.3 is 15.4 Å². The van der Waals surface area contributed by atoms with Gasteiger partial charge in [0.15, 0.2) is 0 Å². The van der Waals surface area contributed by atoms with E-state index in [4.69, 9.17) is 16.3 Å². The lowest BCUT2D eigenvalue weighted by molar-refractivity contribution is -0.130. The molecule has 7 nitrogen and oxygen atoms in total. The minimum atomic E-state index is -1.17. The van der Waals surface area contributed by atoms with Crippen LogP contribution in [0.2, 0.25) is 5.02 Å². The second-order valence-corrected chi connectivity index (χ2v) is 6.34. The number of halogens is 2. The second kappa shape index (κ2) is 8.26. The van der Waals surface area contributed by atoms with Crippen LogP contribution in [0.1, 0.15) is 6.92 Å². The van der Waals surface area contributed by atoms with E-state index < -0.39 is 29.6 Å². The van der Waals surface area contributed by atoms with Crippen molar-refractivity contribution in [3.63, 3.8) is 0 Å². The van der Waals surface area contributed by atoms with Gasteiger partial charge in [-0.1, -0.05) is 23.7 Å². The van der Waals surface area contributed by atoms with Crippen LogP contribution in [0.5, 0.6) is 5.75 Å². The third-order valence-electron chi connectivity index (χ3n) is 4.10. The van der Waals surface area contributed by atoms with Gasteiger partial charge in [0.25, 0.3) is 0 Å². The van der Waals surface area contributed by atoms with Gasteiger partial charge in [0.1, 0.15) is 17.5 Å². The van der Waals surface area contributed by atoms with E-state index in [9.17, 15) is 18.8 Å². The second-order valence-electron chi connectivity index (χ2n) is 5.93. The summed E-state index contributed by atoms with van der Waals surface area (Å²) in [5.41, 5.74) is 0.483. The number of urea groups is 1. The molecule has 0 aromatic heterocycles. The van der Waals surface area contributed by atoms with E-state index in [0.717, 1.165) is 17.0 Å². The molecule has 0 saturated carbocycles. The average Bonchev–Trinajstić information content (AvgIpc) is 2.66. The SMILES string of the molecule is CCOc1ccccc1NC(=O)C1CNC(=O)N(c2ccc(F)c(Cl)c2)C1=O. The molecule has 1 unspecified atom stereocenters. The Labute approximate surface area is 165 Å². The summed E-state index contributed by atoms with van der Waals surface area (Å²) in [4.78, 5) is 38.4. The number of amides is 4. The smallest absolute Gasteiger partial charge is 0.328 e. The number of anilines is 2. The molecule has 4 amide bonds. The van der Waals surface area contributed by atoms with Gasteiger partial charge in [0, 0.05) is 6.54 Å². The summed E-state index contributed by atoms with van der Waals surface area (Å²) < 4.78 is 18.9. The molecular weight excluding hydrogens is 389 g/mol. The van der Waals surface area contributed by atoms with Crippen LogP contribution in [-0.2, 0) is 9.59 Å². The number of rotatable bonds is 5. The number of para-hydroxylation sites is 2. The highest BCUT2D eigenvalue weighted by molar-refractivity contribution is 6.31. The zero-order valence-electron chi connectivity index (χ0n) is 14.9. The van der Waals surface area contributed by atoms with Crippen LogP contribution in [0.15, 0.2) is 42.5 Å². The molecule has 1 atom stereocenters. The molecule has 0 radical (unpaired) electrons. The number of ether oxygens (including phenoxy) is 1. The Morgan fingerprint density at radius 2 is 2.07 bits per heavy atom. The van der Waals surface area contributed by atoms with Crippen molar-refractivity contribution in [2.24, 2.45) is 5.92 Å². The fraction of sp³-hybridized carbons (Fsp3) is 0.211. The lowest BCUT2D eigenvalue weighted by Gasteiger charge is -2.30. The van der Waals surface area contributed by atoms with Crippen LogP contribution in [0.3, 0.4) is 0 Å². The Bertz CT molecular complexity index is 937. The first-order valence-corrected chi connectivity index (χ1v) is 8.89. The van der Waals surface area contributed by atoms with E-state index in [-0.39, 0.29) is 17.3 Å². The zero-order valence-corrected chi connectivity index (χ0v) is 15.6. The monoisotopic (exact) mass is 405 g/mol. The maximum atomic E-state index is 13.4. The molecule has 1 aliphatic heterocycles. The van der Waals surface area contributed by atoms with Crippen molar-refractivity contribution >= 4 is 40.8 Å². The third kappa shape index (κ3) is 3.91. The first kappa shape index (κ1) is 19.6. The van der Waals surface area contributed by atoms with Crippen molar-refractivity contribution in [2.45, 2.75) is 6.92 Å². The maximum Gasteiger partial charge on any atom is 0.328 e. The summed E-state index contributed by atoms with van der Waals surface area (Å²) >= 11 is 5.74. The van der Waals surface area contributed by atoms with Gasteiger partial charge in [0.05, 0.1) is 23.0 Å². The predicted molar refractivity (Wildman–Crippen MR) is 102 cm³/mol. The first-order chi connectivity index (χ1) is 13.4. The Kier molecular flexibility index (Phi) is 5.79. The molecule has 1 aliphatic rings. The molecule has 0 spiro atoms. The minimum Gasteiger partial charge on any atom is -0.492 e. The van der Waals surface area contributed by atoms with Crippen LogP contribution in [0.25, 0.3) is 0 Å². The Morgan fingerprint density at radius 1 is 1.32 bits per heavy atom. The number of hydrogen-bond donors (Lipinski definition) is 2. The molecule has 28 heavy (non-hydrogen) atoms. The van der Waals surface area contributed by atoms with Crippen LogP contribution in [0, 0.1) is 11.7 Å². The van der Waals surface area contributed by atoms with E-state index in [0.29, 0.717) is 18.0 Å².